The molecule has 7 fully saturated rings. The van der Waals surface area contributed by atoms with Crippen molar-refractivity contribution < 1.29 is 38.7 Å². The number of esters is 1. The van der Waals surface area contributed by atoms with Gasteiger partial charge >= 0.3 is 5.97 Å². The lowest BCUT2D eigenvalue weighted by atomic mass is 9.41. The minimum absolute atomic E-state index is 0.0311. The van der Waals surface area contributed by atoms with Crippen molar-refractivity contribution >= 4 is 5.97 Å². The Labute approximate surface area is 206 Å². The Balaban J connectivity index is 1.61. The van der Waals surface area contributed by atoms with E-state index >= 15 is 0 Å². The Bertz CT molecular complexity index is 964. The lowest BCUT2D eigenvalue weighted by Crippen LogP contribution is -2.85. The summed E-state index contributed by atoms with van der Waals surface area (Å²) in [5.74, 6) is -1.33. The number of piperidine rings is 1. The van der Waals surface area contributed by atoms with E-state index in [1.165, 1.54) is 6.92 Å². The normalized spacial score (nSPS) is 61.6. The molecule has 13 atom stereocenters. The maximum absolute atomic E-state index is 13.2. The first-order chi connectivity index (χ1) is 16.6. The summed E-state index contributed by atoms with van der Waals surface area (Å²) >= 11 is 0. The van der Waals surface area contributed by atoms with Crippen LogP contribution in [-0.2, 0) is 28.5 Å². The van der Waals surface area contributed by atoms with Gasteiger partial charge < -0.3 is 33.9 Å². The molecule has 9 nitrogen and oxygen atoms in total. The Kier molecular flexibility index (Phi) is 4.52. The second kappa shape index (κ2) is 6.79. The lowest BCUT2D eigenvalue weighted by Gasteiger charge is -2.71. The highest BCUT2D eigenvalue weighted by Crippen LogP contribution is 2.83. The summed E-state index contributed by atoms with van der Waals surface area (Å²) < 4.78 is 31.9. The van der Waals surface area contributed by atoms with Gasteiger partial charge in [0.25, 0.3) is 0 Å². The molecule has 7 unspecified atom stereocenters. The zero-order valence-electron chi connectivity index (χ0n) is 21.4. The molecule has 0 aromatic rings. The first-order valence-electron chi connectivity index (χ1n) is 13.3. The molecule has 2 heterocycles. The molecular formula is C26H39NO8. The monoisotopic (exact) mass is 493 g/mol. The van der Waals surface area contributed by atoms with Gasteiger partial charge in [-0.05, 0) is 31.2 Å². The van der Waals surface area contributed by atoms with Crippen LogP contribution in [-0.4, -0.2) is 102 Å². The number of likely N-dealkylation sites (N-methyl/N-ethyl adjacent to an activating group) is 1. The largest absolute Gasteiger partial charge is 0.459 e. The molecule has 9 heteroatoms. The van der Waals surface area contributed by atoms with Crippen molar-refractivity contribution in [2.45, 2.75) is 93.7 Å². The predicted octanol–water partition coefficient (Wildman–Crippen LogP) is 0.696. The van der Waals surface area contributed by atoms with Gasteiger partial charge in [-0.15, -0.1) is 0 Å². The van der Waals surface area contributed by atoms with Crippen molar-refractivity contribution in [1.29, 1.82) is 0 Å². The number of carbonyl (C=O) groups excluding carboxylic acids is 1. The van der Waals surface area contributed by atoms with Crippen LogP contribution in [0, 0.1) is 28.6 Å². The maximum Gasteiger partial charge on any atom is 0.303 e. The van der Waals surface area contributed by atoms with Crippen molar-refractivity contribution in [3.05, 3.63) is 0 Å². The van der Waals surface area contributed by atoms with Crippen molar-refractivity contribution in [2.24, 2.45) is 28.6 Å². The number of methoxy groups -OCH3 is 2. The molecule has 7 aliphatic rings. The second-order valence-corrected chi connectivity index (χ2v) is 12.7. The van der Waals surface area contributed by atoms with Crippen LogP contribution >= 0.6 is 0 Å². The zero-order valence-corrected chi connectivity index (χ0v) is 21.4. The van der Waals surface area contributed by atoms with Crippen molar-refractivity contribution in [1.82, 2.24) is 4.90 Å². The van der Waals surface area contributed by atoms with Crippen LogP contribution < -0.4 is 0 Å². The minimum atomic E-state index is -1.29. The highest BCUT2D eigenvalue weighted by Gasteiger charge is 2.97. The Morgan fingerprint density at radius 3 is 2.60 bits per heavy atom. The third kappa shape index (κ3) is 2.09. The van der Waals surface area contributed by atoms with Crippen LogP contribution in [0.5, 0.6) is 0 Å². The van der Waals surface area contributed by atoms with Gasteiger partial charge in [0.15, 0.2) is 5.60 Å². The van der Waals surface area contributed by atoms with Crippen molar-refractivity contribution in [3.8, 4) is 0 Å². The van der Waals surface area contributed by atoms with E-state index in [-0.39, 0.29) is 48.3 Å². The molecule has 7 bridgehead atoms. The zero-order chi connectivity index (χ0) is 24.8. The number of aliphatic hydroxyl groups is 2. The van der Waals surface area contributed by atoms with Crippen molar-refractivity contribution in [3.63, 3.8) is 0 Å². The lowest BCUT2D eigenvalue weighted by molar-refractivity contribution is -0.331. The molecule has 2 aliphatic heterocycles. The fraction of sp³-hybridized carbons (Fsp3) is 0.962. The number of likely N-dealkylation sites (tertiary alicyclic amines) is 1. The quantitative estimate of drug-likeness (QED) is 0.547. The predicted molar refractivity (Wildman–Crippen MR) is 121 cm³/mol. The number of fused-ring (bicyclic) bond motifs is 1. The summed E-state index contributed by atoms with van der Waals surface area (Å²) in [6, 6.07) is -0.280. The molecule has 35 heavy (non-hydrogen) atoms. The molecule has 5 aliphatic carbocycles. The minimum Gasteiger partial charge on any atom is -0.459 e. The molecular weight excluding hydrogens is 454 g/mol. The van der Waals surface area contributed by atoms with Crippen LogP contribution in [0.25, 0.3) is 0 Å². The van der Waals surface area contributed by atoms with Gasteiger partial charge in [-0.2, -0.15) is 0 Å². The summed E-state index contributed by atoms with van der Waals surface area (Å²) in [5, 5.41) is 25.0. The number of carbonyl (C=O) groups is 1. The standard InChI is InChI=1S/C26H39NO8/c1-6-27-11-22(3)8-7-16(32-5)25-19(22)20(35-13(2)28)26(21(25)27)24(33-12-34-26)10-15(31-4)14-9-23(25,30)18(24)17(14)29/h14-21,29-30H,6-12H2,1-5H3/t14?,15?,16?,17?,18-,19+,20?,21-,22-,23-,24+,25?,26?/m1/s1. The summed E-state index contributed by atoms with van der Waals surface area (Å²) in [5.41, 5.74) is -4.39. The van der Waals surface area contributed by atoms with E-state index in [4.69, 9.17) is 23.7 Å². The first kappa shape index (κ1) is 23.3. The molecule has 0 radical (unpaired) electrons. The molecule has 0 amide bonds. The third-order valence-corrected chi connectivity index (χ3v) is 11.9. The first-order valence-corrected chi connectivity index (χ1v) is 13.3. The van der Waals surface area contributed by atoms with E-state index in [1.54, 1.807) is 14.2 Å². The summed E-state index contributed by atoms with van der Waals surface area (Å²) in [6.45, 7) is 7.50. The van der Waals surface area contributed by atoms with Gasteiger partial charge in [0.05, 0.1) is 35.4 Å². The van der Waals surface area contributed by atoms with Crippen LogP contribution in [0.1, 0.15) is 46.5 Å². The highest BCUT2D eigenvalue weighted by atomic mass is 16.7. The average Bonchev–Trinajstić information content (AvgIpc) is 3.34. The molecule has 0 aromatic heterocycles. The number of ether oxygens (including phenoxy) is 5. The van der Waals surface area contributed by atoms with Gasteiger partial charge in [-0.25, -0.2) is 0 Å². The van der Waals surface area contributed by atoms with Gasteiger partial charge in [0, 0.05) is 51.9 Å². The van der Waals surface area contributed by atoms with E-state index in [9.17, 15) is 15.0 Å². The van der Waals surface area contributed by atoms with Crippen LogP contribution in [0.3, 0.4) is 0 Å². The van der Waals surface area contributed by atoms with Crippen LogP contribution in [0.2, 0.25) is 0 Å². The average molecular weight is 494 g/mol. The summed E-state index contributed by atoms with van der Waals surface area (Å²) in [4.78, 5) is 15.1. The number of aliphatic hydroxyl groups excluding tert-OH is 1. The summed E-state index contributed by atoms with van der Waals surface area (Å²) in [6.07, 6.45) is 0.601. The summed E-state index contributed by atoms with van der Waals surface area (Å²) in [7, 11) is 3.39. The highest BCUT2D eigenvalue weighted by molar-refractivity contribution is 5.67. The van der Waals surface area contributed by atoms with Gasteiger partial charge in [-0.3, -0.25) is 9.69 Å². The number of nitrogens with zero attached hydrogens (tertiary/aromatic N) is 1. The van der Waals surface area contributed by atoms with Gasteiger partial charge in [-0.1, -0.05) is 13.8 Å². The maximum atomic E-state index is 13.2. The molecule has 7 rings (SSSR count). The van der Waals surface area contributed by atoms with E-state index < -0.39 is 40.3 Å². The molecule has 2 saturated heterocycles. The Morgan fingerprint density at radius 1 is 1.17 bits per heavy atom. The number of rotatable bonds is 4. The Hall–Kier alpha value is -0.810. The van der Waals surface area contributed by atoms with E-state index in [2.05, 4.69) is 18.7 Å². The second-order valence-electron chi connectivity index (χ2n) is 12.7. The van der Waals surface area contributed by atoms with E-state index in [0.717, 1.165) is 25.9 Å². The van der Waals surface area contributed by atoms with Gasteiger partial charge in [0.1, 0.15) is 18.5 Å². The van der Waals surface area contributed by atoms with Crippen molar-refractivity contribution in [2.75, 3.05) is 34.1 Å². The SMILES string of the molecule is CCN1C[C@@]2(C)CCC(OC)C34[C@@H]1C1(OCO[C@]15CC(OC)C1C[C@@]3(O)[C@H]5C1O)C(OC(C)=O)[C@H]42. The fourth-order valence-corrected chi connectivity index (χ4v) is 11.5. The molecule has 0 aromatic carbocycles. The Morgan fingerprint density at radius 2 is 1.94 bits per heavy atom. The van der Waals surface area contributed by atoms with E-state index in [1.807, 2.05) is 0 Å². The molecule has 3 spiro atoms. The van der Waals surface area contributed by atoms with Crippen LogP contribution in [0.15, 0.2) is 0 Å². The fourth-order valence-electron chi connectivity index (χ4n) is 11.5. The molecule has 5 saturated carbocycles. The van der Waals surface area contributed by atoms with Crippen LogP contribution in [0.4, 0.5) is 0 Å². The van der Waals surface area contributed by atoms with E-state index in [0.29, 0.717) is 12.8 Å². The smallest absolute Gasteiger partial charge is 0.303 e. The molecule has 196 valence electrons. The third-order valence-electron chi connectivity index (χ3n) is 11.9. The molecule has 2 N–H and O–H groups in total. The number of hydrogen-bond donors (Lipinski definition) is 2. The number of hydrogen-bond acceptors (Lipinski definition) is 9. The van der Waals surface area contributed by atoms with Gasteiger partial charge in [0.2, 0.25) is 0 Å². The topological polar surface area (TPSA) is 107 Å².